The average molecular weight is 260 g/mol. The van der Waals surface area contributed by atoms with Crippen LogP contribution in [0.5, 0.6) is 0 Å². The number of anilines is 1. The molecule has 2 rings (SSSR count). The van der Waals surface area contributed by atoms with Gasteiger partial charge in [-0.2, -0.15) is 4.37 Å². The highest BCUT2D eigenvalue weighted by Gasteiger charge is 2.26. The van der Waals surface area contributed by atoms with E-state index in [0.717, 1.165) is 29.8 Å². The van der Waals surface area contributed by atoms with Crippen molar-refractivity contribution in [3.8, 4) is 0 Å². The van der Waals surface area contributed by atoms with Gasteiger partial charge in [0.15, 0.2) is 0 Å². The van der Waals surface area contributed by atoms with Gasteiger partial charge in [-0.05, 0) is 24.7 Å². The van der Waals surface area contributed by atoms with Gasteiger partial charge in [0.1, 0.15) is 5.82 Å². The topological polar surface area (TPSA) is 37.8 Å². The molecule has 16 heavy (non-hydrogen) atoms. The van der Waals surface area contributed by atoms with Crippen molar-refractivity contribution < 1.29 is 0 Å². The molecular weight excluding hydrogens is 242 g/mol. The smallest absolute Gasteiger partial charge is 0.202 e. The molecule has 0 spiro atoms. The third-order valence-electron chi connectivity index (χ3n) is 3.31. The number of hydrogen-bond donors (Lipinski definition) is 1. The molecule has 0 aliphatic heterocycles. The summed E-state index contributed by atoms with van der Waals surface area (Å²) >= 11 is 7.42. The van der Waals surface area contributed by atoms with Crippen LogP contribution in [0.2, 0.25) is 0 Å². The van der Waals surface area contributed by atoms with E-state index in [2.05, 4.69) is 21.6 Å². The van der Waals surface area contributed by atoms with Gasteiger partial charge in [0.25, 0.3) is 0 Å². The number of hydrogen-bond acceptors (Lipinski definition) is 4. The molecule has 1 saturated carbocycles. The van der Waals surface area contributed by atoms with Crippen molar-refractivity contribution in [2.45, 2.75) is 32.6 Å². The van der Waals surface area contributed by atoms with Crippen molar-refractivity contribution in [2.24, 2.45) is 11.8 Å². The molecule has 1 heterocycles. The summed E-state index contributed by atoms with van der Waals surface area (Å²) in [6.07, 6.45) is 4.81. The molecule has 2 atom stereocenters. The fourth-order valence-corrected chi connectivity index (χ4v) is 3.34. The van der Waals surface area contributed by atoms with E-state index in [1.165, 1.54) is 30.8 Å². The number of rotatable bonds is 5. The van der Waals surface area contributed by atoms with E-state index >= 15 is 0 Å². The van der Waals surface area contributed by atoms with E-state index in [0.29, 0.717) is 11.8 Å². The lowest BCUT2D eigenvalue weighted by Crippen LogP contribution is -2.19. The van der Waals surface area contributed by atoms with E-state index < -0.39 is 0 Å². The molecule has 1 aliphatic rings. The minimum absolute atomic E-state index is 0.688. The minimum atomic E-state index is 0.688. The zero-order valence-corrected chi connectivity index (χ0v) is 11.2. The Bertz CT molecular complexity index is 329. The highest BCUT2D eigenvalue weighted by atomic mass is 35.5. The summed E-state index contributed by atoms with van der Waals surface area (Å²) in [6, 6.07) is 0. The molecule has 1 aromatic rings. The Morgan fingerprint density at radius 1 is 1.44 bits per heavy atom. The second-order valence-corrected chi connectivity index (χ2v) is 5.42. The molecule has 5 heteroatoms. The first-order valence-corrected chi connectivity index (χ1v) is 7.26. The summed E-state index contributed by atoms with van der Waals surface area (Å²) in [4.78, 5) is 4.40. The molecule has 1 N–H and O–H groups in total. The number of alkyl halides is 1. The maximum absolute atomic E-state index is 5.96. The van der Waals surface area contributed by atoms with Crippen molar-refractivity contribution >= 4 is 28.3 Å². The van der Waals surface area contributed by atoms with E-state index in [9.17, 15) is 0 Å². The van der Waals surface area contributed by atoms with Crippen molar-refractivity contribution in [1.29, 1.82) is 0 Å². The van der Waals surface area contributed by atoms with E-state index in [4.69, 9.17) is 11.6 Å². The van der Waals surface area contributed by atoms with Crippen molar-refractivity contribution in [1.82, 2.24) is 9.36 Å². The summed E-state index contributed by atoms with van der Waals surface area (Å²) in [7, 11) is 0. The molecular formula is C11H18ClN3S. The molecule has 3 nitrogen and oxygen atoms in total. The van der Waals surface area contributed by atoms with Crippen LogP contribution in [0, 0.1) is 11.8 Å². The molecule has 0 saturated heterocycles. The minimum Gasteiger partial charge on any atom is -0.360 e. The van der Waals surface area contributed by atoms with Crippen molar-refractivity contribution in [2.75, 3.05) is 17.7 Å². The molecule has 1 aromatic heterocycles. The van der Waals surface area contributed by atoms with Crippen LogP contribution in [-0.4, -0.2) is 21.8 Å². The van der Waals surface area contributed by atoms with Crippen LogP contribution in [0.1, 0.15) is 32.0 Å². The Kier molecular flexibility index (Phi) is 4.41. The predicted molar refractivity (Wildman–Crippen MR) is 69.3 cm³/mol. The Balaban J connectivity index is 1.82. The molecule has 0 radical (unpaired) electrons. The second kappa shape index (κ2) is 5.82. The third kappa shape index (κ3) is 2.86. The van der Waals surface area contributed by atoms with Gasteiger partial charge in [-0.15, -0.1) is 11.6 Å². The first-order chi connectivity index (χ1) is 7.83. The fraction of sp³-hybridized carbons (Fsp3) is 0.818. The van der Waals surface area contributed by atoms with E-state index in [-0.39, 0.29) is 0 Å². The molecule has 2 unspecified atom stereocenters. The molecule has 0 aromatic carbocycles. The highest BCUT2D eigenvalue weighted by molar-refractivity contribution is 7.09. The third-order valence-corrected chi connectivity index (χ3v) is 4.42. The van der Waals surface area contributed by atoms with Crippen LogP contribution in [0.15, 0.2) is 0 Å². The number of halogens is 1. The fourth-order valence-electron chi connectivity index (χ4n) is 2.27. The van der Waals surface area contributed by atoms with Crippen molar-refractivity contribution in [3.63, 3.8) is 0 Å². The summed E-state index contributed by atoms with van der Waals surface area (Å²) in [5.74, 6) is 3.13. The molecule has 1 fully saturated rings. The van der Waals surface area contributed by atoms with Gasteiger partial charge in [-0.1, -0.05) is 13.3 Å². The molecule has 90 valence electrons. The van der Waals surface area contributed by atoms with Gasteiger partial charge < -0.3 is 5.32 Å². The standard InChI is InChI=1S/C11H18ClN3S/c1-2-10-14-11(16-15-10)13-7-9-5-3-4-8(9)6-12/h8-9H,2-7H2,1H3,(H,13,14,15). The summed E-state index contributed by atoms with van der Waals surface area (Å²) in [5, 5.41) is 4.35. The van der Waals surface area contributed by atoms with Crippen LogP contribution in [0.25, 0.3) is 0 Å². The molecule has 0 bridgehead atoms. The number of nitrogens with one attached hydrogen (secondary N) is 1. The summed E-state index contributed by atoms with van der Waals surface area (Å²) < 4.78 is 4.26. The maximum atomic E-state index is 5.96. The first-order valence-electron chi connectivity index (χ1n) is 5.96. The Labute approximate surface area is 106 Å². The Morgan fingerprint density at radius 2 is 2.25 bits per heavy atom. The van der Waals surface area contributed by atoms with E-state index in [1.807, 2.05) is 0 Å². The van der Waals surface area contributed by atoms with Crippen molar-refractivity contribution in [3.05, 3.63) is 5.82 Å². The van der Waals surface area contributed by atoms with Gasteiger partial charge in [0, 0.05) is 30.4 Å². The lowest BCUT2D eigenvalue weighted by Gasteiger charge is -2.16. The van der Waals surface area contributed by atoms with Gasteiger partial charge in [-0.3, -0.25) is 0 Å². The average Bonchev–Trinajstić information content (AvgIpc) is 2.94. The first kappa shape index (κ1) is 12.1. The van der Waals surface area contributed by atoms with Crippen LogP contribution >= 0.6 is 23.1 Å². The van der Waals surface area contributed by atoms with Crippen LogP contribution in [-0.2, 0) is 6.42 Å². The highest BCUT2D eigenvalue weighted by Crippen LogP contribution is 2.32. The SMILES string of the molecule is CCc1nsc(NCC2CCCC2CCl)n1. The zero-order chi connectivity index (χ0) is 11.4. The predicted octanol–water partition coefficient (Wildman–Crippen LogP) is 3.17. The van der Waals surface area contributed by atoms with Gasteiger partial charge in [0.2, 0.25) is 5.13 Å². The van der Waals surface area contributed by atoms with Crippen LogP contribution in [0.4, 0.5) is 5.13 Å². The van der Waals surface area contributed by atoms with Crippen LogP contribution in [0.3, 0.4) is 0 Å². The monoisotopic (exact) mass is 259 g/mol. The van der Waals surface area contributed by atoms with Gasteiger partial charge >= 0.3 is 0 Å². The van der Waals surface area contributed by atoms with Crippen LogP contribution < -0.4 is 5.32 Å². The summed E-state index contributed by atoms with van der Waals surface area (Å²) in [6.45, 7) is 3.07. The quantitative estimate of drug-likeness (QED) is 0.826. The molecule has 1 aliphatic carbocycles. The lowest BCUT2D eigenvalue weighted by molar-refractivity contribution is 0.444. The summed E-state index contributed by atoms with van der Waals surface area (Å²) in [5.41, 5.74) is 0. The number of aryl methyl sites for hydroxylation is 1. The lowest BCUT2D eigenvalue weighted by atomic mass is 9.98. The normalized spacial score (nSPS) is 24.9. The zero-order valence-electron chi connectivity index (χ0n) is 9.58. The van der Waals surface area contributed by atoms with Gasteiger partial charge in [-0.25, -0.2) is 4.98 Å². The van der Waals surface area contributed by atoms with E-state index in [1.54, 1.807) is 0 Å². The Morgan fingerprint density at radius 3 is 2.94 bits per heavy atom. The number of nitrogens with zero attached hydrogens (tertiary/aromatic N) is 2. The number of aromatic nitrogens is 2. The largest absolute Gasteiger partial charge is 0.360 e. The molecule has 0 amide bonds. The van der Waals surface area contributed by atoms with Gasteiger partial charge in [0.05, 0.1) is 0 Å². The maximum Gasteiger partial charge on any atom is 0.202 e. The Hall–Kier alpha value is -0.350. The second-order valence-electron chi connectivity index (χ2n) is 4.36.